The first-order valence-electron chi connectivity index (χ1n) is 10.4. The minimum absolute atomic E-state index is 0.0106. The van der Waals surface area contributed by atoms with Crippen molar-refractivity contribution in [1.82, 2.24) is 10.6 Å². The highest BCUT2D eigenvalue weighted by atomic mass is 32.1. The summed E-state index contributed by atoms with van der Waals surface area (Å²) in [4.78, 5) is 49.9. The van der Waals surface area contributed by atoms with Crippen LogP contribution in [0.3, 0.4) is 0 Å². The Labute approximate surface area is 179 Å². The number of ketones is 1. The van der Waals surface area contributed by atoms with E-state index in [1.165, 1.54) is 12.1 Å². The Hall–Kier alpha value is -2.26. The molecule has 3 amide bonds. The molecule has 1 saturated carbocycles. The van der Waals surface area contributed by atoms with Crippen LogP contribution < -0.4 is 16.4 Å². The van der Waals surface area contributed by atoms with Gasteiger partial charge in [0.1, 0.15) is 18.7 Å². The van der Waals surface area contributed by atoms with Gasteiger partial charge in [-0.05, 0) is 43.2 Å². The fraction of sp³-hybridized carbons (Fsp3) is 0.619. The average molecular weight is 436 g/mol. The fourth-order valence-corrected chi connectivity index (χ4v) is 5.08. The molecule has 8 nitrogen and oxygen atoms in total. The third-order valence-corrected chi connectivity index (χ3v) is 7.16. The molecule has 9 heteroatoms. The minimum Gasteiger partial charge on any atom is -0.368 e. The fourth-order valence-electron chi connectivity index (χ4n) is 4.32. The summed E-state index contributed by atoms with van der Waals surface area (Å²) in [6.07, 6.45) is 4.90. The van der Waals surface area contributed by atoms with Gasteiger partial charge in [0, 0.05) is 0 Å². The van der Waals surface area contributed by atoms with E-state index in [2.05, 4.69) is 17.6 Å². The Morgan fingerprint density at radius 2 is 1.93 bits per heavy atom. The summed E-state index contributed by atoms with van der Waals surface area (Å²) in [5.41, 5.74) is 5.21. The van der Waals surface area contributed by atoms with Gasteiger partial charge in [-0.2, -0.15) is 0 Å². The molecular weight excluding hydrogens is 406 g/mol. The molecule has 0 bridgehead atoms. The Morgan fingerprint density at radius 3 is 2.53 bits per heavy atom. The molecule has 1 aromatic heterocycles. The standard InChI is InChI=1S/C21H29N3O5S/c1-3-14-17(13(25)11-29-14)24-19(27)12(10-21(2)8-4-5-9-21)23-20(28)16-7-6-15(30-16)18(22)26/h6-7,12,14,17H,3-5,8-11H2,1-2H3,(H2,22,26)(H,23,28)(H,24,27)/t12-,14-,17+/m0/s1. The third-order valence-electron chi connectivity index (χ3n) is 6.06. The zero-order chi connectivity index (χ0) is 21.9. The summed E-state index contributed by atoms with van der Waals surface area (Å²) < 4.78 is 5.44. The van der Waals surface area contributed by atoms with E-state index in [0.717, 1.165) is 37.0 Å². The highest BCUT2D eigenvalue weighted by molar-refractivity contribution is 7.15. The van der Waals surface area contributed by atoms with Crippen LogP contribution in [0.2, 0.25) is 0 Å². The lowest BCUT2D eigenvalue weighted by atomic mass is 9.81. The number of carbonyl (C=O) groups excluding carboxylic acids is 4. The molecule has 30 heavy (non-hydrogen) atoms. The lowest BCUT2D eigenvalue weighted by Crippen LogP contribution is -2.54. The molecule has 0 spiro atoms. The number of rotatable bonds is 8. The van der Waals surface area contributed by atoms with Crippen LogP contribution in [0.5, 0.6) is 0 Å². The molecule has 164 valence electrons. The van der Waals surface area contributed by atoms with Crippen molar-refractivity contribution < 1.29 is 23.9 Å². The Balaban J connectivity index is 1.75. The van der Waals surface area contributed by atoms with Crippen molar-refractivity contribution in [2.24, 2.45) is 11.1 Å². The highest BCUT2D eigenvalue weighted by Gasteiger charge is 2.40. The van der Waals surface area contributed by atoms with Gasteiger partial charge in [0.25, 0.3) is 11.8 Å². The summed E-state index contributed by atoms with van der Waals surface area (Å²) >= 11 is 0.990. The summed E-state index contributed by atoms with van der Waals surface area (Å²) in [6, 6.07) is 1.54. The number of nitrogens with one attached hydrogen (secondary N) is 2. The van der Waals surface area contributed by atoms with Crippen molar-refractivity contribution in [3.8, 4) is 0 Å². The molecule has 1 saturated heterocycles. The first-order valence-corrected chi connectivity index (χ1v) is 11.2. The largest absolute Gasteiger partial charge is 0.368 e. The van der Waals surface area contributed by atoms with Gasteiger partial charge in [0.15, 0.2) is 5.78 Å². The lowest BCUT2D eigenvalue weighted by Gasteiger charge is -2.30. The number of hydrogen-bond donors (Lipinski definition) is 3. The van der Waals surface area contributed by atoms with Crippen molar-refractivity contribution in [2.75, 3.05) is 6.61 Å². The Kier molecular flexibility index (Phi) is 6.92. The van der Waals surface area contributed by atoms with Crippen molar-refractivity contribution in [2.45, 2.75) is 70.6 Å². The summed E-state index contributed by atoms with van der Waals surface area (Å²) in [5.74, 6) is -1.57. The second kappa shape index (κ2) is 9.26. The SMILES string of the molecule is CC[C@@H]1OCC(=O)[C@H]1NC(=O)[C@H](CC1(C)CCCC1)NC(=O)c1ccc(C(N)=O)s1. The first-order chi connectivity index (χ1) is 14.2. The van der Waals surface area contributed by atoms with Gasteiger partial charge in [0.05, 0.1) is 15.9 Å². The van der Waals surface area contributed by atoms with Crippen molar-refractivity contribution in [3.05, 3.63) is 21.9 Å². The second-order valence-corrected chi connectivity index (χ2v) is 9.57. The van der Waals surface area contributed by atoms with E-state index in [1.807, 2.05) is 6.92 Å². The van der Waals surface area contributed by atoms with E-state index >= 15 is 0 Å². The van der Waals surface area contributed by atoms with Crippen LogP contribution in [0.25, 0.3) is 0 Å². The van der Waals surface area contributed by atoms with Crippen LogP contribution >= 0.6 is 11.3 Å². The number of thiophene rings is 1. The van der Waals surface area contributed by atoms with Gasteiger partial charge in [-0.1, -0.05) is 26.7 Å². The number of primary amides is 1. The molecule has 0 radical (unpaired) electrons. The number of ether oxygens (including phenoxy) is 1. The number of amides is 3. The second-order valence-electron chi connectivity index (χ2n) is 8.49. The number of nitrogens with two attached hydrogens (primary N) is 1. The van der Waals surface area contributed by atoms with E-state index in [0.29, 0.717) is 17.7 Å². The molecule has 4 N–H and O–H groups in total. The molecule has 0 unspecified atom stereocenters. The smallest absolute Gasteiger partial charge is 0.262 e. The summed E-state index contributed by atoms with van der Waals surface area (Å²) in [5, 5.41) is 5.62. The molecule has 2 heterocycles. The Bertz CT molecular complexity index is 830. The molecular formula is C21H29N3O5S. The molecule has 2 aliphatic rings. The summed E-state index contributed by atoms with van der Waals surface area (Å²) in [7, 11) is 0. The van der Waals surface area contributed by atoms with Gasteiger partial charge in [0.2, 0.25) is 5.91 Å². The van der Waals surface area contributed by atoms with E-state index < -0.39 is 23.9 Å². The quantitative estimate of drug-likeness (QED) is 0.573. The third kappa shape index (κ3) is 5.07. The van der Waals surface area contributed by atoms with Crippen molar-refractivity contribution in [1.29, 1.82) is 0 Å². The summed E-state index contributed by atoms with van der Waals surface area (Å²) in [6.45, 7) is 4.01. The minimum atomic E-state index is -0.786. The maximum Gasteiger partial charge on any atom is 0.262 e. The maximum atomic E-state index is 13.1. The average Bonchev–Trinajstić information content (AvgIpc) is 3.42. The van der Waals surface area contributed by atoms with Crippen molar-refractivity contribution >= 4 is 34.8 Å². The molecule has 1 aliphatic heterocycles. The van der Waals surface area contributed by atoms with Crippen LogP contribution in [0, 0.1) is 5.41 Å². The first kappa shape index (κ1) is 22.4. The molecule has 1 aliphatic carbocycles. The van der Waals surface area contributed by atoms with Gasteiger partial charge < -0.3 is 21.1 Å². The van der Waals surface area contributed by atoms with E-state index in [4.69, 9.17) is 10.5 Å². The van der Waals surface area contributed by atoms with Gasteiger partial charge in [-0.25, -0.2) is 0 Å². The number of Topliss-reactive ketones (excluding diaryl/α,β-unsaturated/α-hetero) is 1. The molecule has 3 rings (SSSR count). The molecule has 0 aromatic carbocycles. The van der Waals surface area contributed by atoms with Crippen LogP contribution in [0.1, 0.15) is 71.7 Å². The lowest BCUT2D eigenvalue weighted by molar-refractivity contribution is -0.128. The number of hydrogen-bond acceptors (Lipinski definition) is 6. The zero-order valence-electron chi connectivity index (χ0n) is 17.4. The van der Waals surface area contributed by atoms with E-state index in [-0.39, 0.29) is 34.7 Å². The van der Waals surface area contributed by atoms with E-state index in [1.54, 1.807) is 0 Å². The molecule has 2 fully saturated rings. The normalized spacial score (nSPS) is 23.9. The van der Waals surface area contributed by atoms with Crippen LogP contribution in [0.4, 0.5) is 0 Å². The van der Waals surface area contributed by atoms with Gasteiger partial charge in [-0.3, -0.25) is 19.2 Å². The van der Waals surface area contributed by atoms with E-state index in [9.17, 15) is 19.2 Å². The Morgan fingerprint density at radius 1 is 1.27 bits per heavy atom. The monoisotopic (exact) mass is 435 g/mol. The molecule has 3 atom stereocenters. The van der Waals surface area contributed by atoms with Gasteiger partial charge in [-0.15, -0.1) is 11.3 Å². The van der Waals surface area contributed by atoms with Gasteiger partial charge >= 0.3 is 0 Å². The predicted octanol–water partition coefficient (Wildman–Crippen LogP) is 1.78. The van der Waals surface area contributed by atoms with Crippen LogP contribution in [0.15, 0.2) is 12.1 Å². The maximum absolute atomic E-state index is 13.1. The number of carbonyl (C=O) groups is 4. The van der Waals surface area contributed by atoms with Crippen LogP contribution in [-0.4, -0.2) is 48.3 Å². The van der Waals surface area contributed by atoms with Crippen LogP contribution in [-0.2, 0) is 14.3 Å². The highest BCUT2D eigenvalue weighted by Crippen LogP contribution is 2.41. The van der Waals surface area contributed by atoms with Crippen molar-refractivity contribution in [3.63, 3.8) is 0 Å². The zero-order valence-corrected chi connectivity index (χ0v) is 18.2. The predicted molar refractivity (Wildman–Crippen MR) is 112 cm³/mol. The topological polar surface area (TPSA) is 128 Å². The molecule has 1 aromatic rings.